The van der Waals surface area contributed by atoms with Crippen molar-refractivity contribution in [2.45, 2.75) is 11.6 Å². The molecule has 0 atom stereocenters. The van der Waals surface area contributed by atoms with Gasteiger partial charge in [-0.3, -0.25) is 9.36 Å². The lowest BCUT2D eigenvalue weighted by molar-refractivity contribution is -0.113. The van der Waals surface area contributed by atoms with E-state index in [1.54, 1.807) is 7.11 Å². The lowest BCUT2D eigenvalue weighted by Gasteiger charge is -2.11. The van der Waals surface area contributed by atoms with Crippen molar-refractivity contribution in [2.24, 2.45) is 7.05 Å². The van der Waals surface area contributed by atoms with Crippen LogP contribution in [0.2, 0.25) is 0 Å². The summed E-state index contributed by atoms with van der Waals surface area (Å²) >= 11 is 1.36. The number of carbonyl (C=O) groups excluding carboxylic acids is 1. The molecule has 7 nitrogen and oxygen atoms in total. The molecule has 1 N–H and O–H groups in total. The van der Waals surface area contributed by atoms with Crippen LogP contribution >= 0.6 is 11.8 Å². The second-order valence-corrected chi connectivity index (χ2v) is 7.86. The lowest BCUT2D eigenvalue weighted by Crippen LogP contribution is -2.14. The molecule has 4 aromatic rings. The third-order valence-electron chi connectivity index (χ3n) is 4.81. The molecule has 2 aromatic carbocycles. The van der Waals surface area contributed by atoms with Crippen molar-refractivity contribution < 1.29 is 9.53 Å². The monoisotopic (exact) mass is 433 g/mol. The van der Waals surface area contributed by atoms with Gasteiger partial charge in [-0.25, -0.2) is 0 Å². The van der Waals surface area contributed by atoms with Gasteiger partial charge in [0.15, 0.2) is 5.16 Å². The van der Waals surface area contributed by atoms with Gasteiger partial charge in [-0.05, 0) is 48.5 Å². The van der Waals surface area contributed by atoms with Gasteiger partial charge in [0.1, 0.15) is 11.6 Å². The van der Waals surface area contributed by atoms with E-state index in [9.17, 15) is 4.79 Å². The quantitative estimate of drug-likeness (QED) is 0.426. The smallest absolute Gasteiger partial charge is 0.234 e. The Balaban J connectivity index is 1.50. The fourth-order valence-corrected chi connectivity index (χ4v) is 3.96. The minimum Gasteiger partial charge on any atom is -0.497 e. The van der Waals surface area contributed by atoms with E-state index in [0.29, 0.717) is 11.6 Å². The van der Waals surface area contributed by atoms with Crippen LogP contribution in [0.4, 0.5) is 5.69 Å². The molecular formula is C23H23N5O2S. The number of methoxy groups -OCH3 is 1. The van der Waals surface area contributed by atoms with Crippen molar-refractivity contribution in [3.8, 4) is 11.4 Å². The zero-order chi connectivity index (χ0) is 21.6. The van der Waals surface area contributed by atoms with Crippen LogP contribution in [-0.4, -0.2) is 38.1 Å². The zero-order valence-corrected chi connectivity index (χ0v) is 18.2. The van der Waals surface area contributed by atoms with E-state index < -0.39 is 0 Å². The number of hydrogen-bond acceptors (Lipinski definition) is 5. The number of benzene rings is 2. The highest BCUT2D eigenvalue weighted by Gasteiger charge is 2.17. The maximum Gasteiger partial charge on any atom is 0.234 e. The number of ether oxygens (including phenoxy) is 1. The summed E-state index contributed by atoms with van der Waals surface area (Å²) in [5.74, 6) is 1.68. The Morgan fingerprint density at radius 1 is 1.03 bits per heavy atom. The molecule has 1 amide bonds. The Morgan fingerprint density at radius 3 is 2.48 bits per heavy atom. The molecule has 0 fully saturated rings. The van der Waals surface area contributed by atoms with E-state index in [2.05, 4.69) is 26.1 Å². The number of nitrogens with one attached hydrogen (secondary N) is 1. The minimum absolute atomic E-state index is 0.109. The van der Waals surface area contributed by atoms with Gasteiger partial charge in [0.2, 0.25) is 5.91 Å². The number of anilines is 1. The zero-order valence-electron chi connectivity index (χ0n) is 17.4. The summed E-state index contributed by atoms with van der Waals surface area (Å²) in [6.07, 6.45) is 2.65. The number of nitrogens with zero attached hydrogens (tertiary/aromatic N) is 4. The molecule has 0 saturated carbocycles. The molecule has 0 aliphatic rings. The molecule has 0 aliphatic carbocycles. The highest BCUT2D eigenvalue weighted by atomic mass is 32.2. The Morgan fingerprint density at radius 2 is 1.81 bits per heavy atom. The van der Waals surface area contributed by atoms with Crippen molar-refractivity contribution in [3.05, 3.63) is 84.4 Å². The number of amides is 1. The summed E-state index contributed by atoms with van der Waals surface area (Å²) in [4.78, 5) is 12.5. The van der Waals surface area contributed by atoms with Crippen LogP contribution in [0.15, 0.2) is 78.1 Å². The number of aryl methyl sites for hydroxylation is 1. The van der Waals surface area contributed by atoms with Crippen LogP contribution in [0, 0.1) is 0 Å². The molecule has 0 unspecified atom stereocenters. The molecule has 8 heteroatoms. The van der Waals surface area contributed by atoms with Crippen LogP contribution in [0.3, 0.4) is 0 Å². The molecule has 0 bridgehead atoms. The summed E-state index contributed by atoms with van der Waals surface area (Å²) in [5, 5.41) is 12.4. The molecule has 0 radical (unpaired) electrons. The summed E-state index contributed by atoms with van der Waals surface area (Å²) in [6, 6.07) is 21.3. The Labute approximate surface area is 185 Å². The standard InChI is InChI=1S/C23H23N5O2S/c1-27-14-6-9-19(27)15-21-25-26-23(28(21)18-7-4-3-5-8-18)31-16-22(29)24-17-10-12-20(30-2)13-11-17/h3-14H,15-16H2,1-2H3,(H,24,29). The summed E-state index contributed by atoms with van der Waals surface area (Å²) in [6.45, 7) is 0. The largest absolute Gasteiger partial charge is 0.497 e. The number of hydrogen-bond donors (Lipinski definition) is 1. The second kappa shape index (κ2) is 9.53. The molecular weight excluding hydrogens is 410 g/mol. The van der Waals surface area contributed by atoms with E-state index >= 15 is 0 Å². The topological polar surface area (TPSA) is 74.0 Å². The molecule has 158 valence electrons. The van der Waals surface area contributed by atoms with Crippen LogP contribution in [-0.2, 0) is 18.3 Å². The highest BCUT2D eigenvalue weighted by Crippen LogP contribution is 2.24. The minimum atomic E-state index is -0.109. The van der Waals surface area contributed by atoms with Gasteiger partial charge in [-0.2, -0.15) is 0 Å². The van der Waals surface area contributed by atoms with Gasteiger partial charge in [-0.15, -0.1) is 10.2 Å². The Bertz CT molecular complexity index is 1150. The number of thioether (sulfide) groups is 1. The first-order valence-corrected chi connectivity index (χ1v) is 10.8. The fraction of sp³-hybridized carbons (Fsp3) is 0.174. The number of carbonyl (C=O) groups is 1. The molecule has 2 aromatic heterocycles. The molecule has 31 heavy (non-hydrogen) atoms. The molecule has 2 heterocycles. The number of aromatic nitrogens is 4. The van der Waals surface area contributed by atoms with Gasteiger partial charge >= 0.3 is 0 Å². The van der Waals surface area contributed by atoms with Crippen molar-refractivity contribution in [2.75, 3.05) is 18.2 Å². The SMILES string of the molecule is COc1ccc(NC(=O)CSc2nnc(Cc3cccn3C)n2-c2ccccc2)cc1. The van der Waals surface area contributed by atoms with Gasteiger partial charge in [-0.1, -0.05) is 30.0 Å². The predicted molar refractivity (Wildman–Crippen MR) is 122 cm³/mol. The average Bonchev–Trinajstić information content (AvgIpc) is 3.39. The molecule has 4 rings (SSSR count). The van der Waals surface area contributed by atoms with Crippen LogP contribution in [0.5, 0.6) is 5.75 Å². The first-order valence-electron chi connectivity index (χ1n) is 9.80. The lowest BCUT2D eigenvalue weighted by atomic mass is 10.2. The van der Waals surface area contributed by atoms with Gasteiger partial charge in [0, 0.05) is 36.7 Å². The van der Waals surface area contributed by atoms with Crippen LogP contribution in [0.25, 0.3) is 5.69 Å². The summed E-state index contributed by atoms with van der Waals surface area (Å²) < 4.78 is 9.23. The molecule has 0 aliphatic heterocycles. The normalized spacial score (nSPS) is 10.8. The predicted octanol–water partition coefficient (Wildman–Crippen LogP) is 3.94. The Hall–Kier alpha value is -3.52. The van der Waals surface area contributed by atoms with Gasteiger partial charge in [0.25, 0.3) is 0 Å². The van der Waals surface area contributed by atoms with Crippen molar-refractivity contribution >= 4 is 23.4 Å². The van der Waals surface area contributed by atoms with E-state index in [1.807, 2.05) is 78.5 Å². The fourth-order valence-electron chi connectivity index (χ4n) is 3.19. The first kappa shape index (κ1) is 20.7. The number of para-hydroxylation sites is 1. The maximum atomic E-state index is 12.5. The second-order valence-electron chi connectivity index (χ2n) is 6.92. The van der Waals surface area contributed by atoms with Crippen molar-refractivity contribution in [1.29, 1.82) is 0 Å². The van der Waals surface area contributed by atoms with Crippen molar-refractivity contribution in [1.82, 2.24) is 19.3 Å². The van der Waals surface area contributed by atoms with E-state index in [1.165, 1.54) is 11.8 Å². The number of rotatable bonds is 8. The van der Waals surface area contributed by atoms with Crippen LogP contribution in [0.1, 0.15) is 11.5 Å². The maximum absolute atomic E-state index is 12.5. The summed E-state index contributed by atoms with van der Waals surface area (Å²) in [5.41, 5.74) is 2.83. The average molecular weight is 434 g/mol. The molecule has 0 saturated heterocycles. The molecule has 0 spiro atoms. The van der Waals surface area contributed by atoms with E-state index in [-0.39, 0.29) is 11.7 Å². The van der Waals surface area contributed by atoms with E-state index in [4.69, 9.17) is 4.74 Å². The third kappa shape index (κ3) is 4.97. The third-order valence-corrected chi connectivity index (χ3v) is 5.74. The highest BCUT2D eigenvalue weighted by molar-refractivity contribution is 7.99. The van der Waals surface area contributed by atoms with Gasteiger partial charge in [0.05, 0.1) is 12.9 Å². The first-order chi connectivity index (χ1) is 15.1. The van der Waals surface area contributed by atoms with Crippen molar-refractivity contribution in [3.63, 3.8) is 0 Å². The van der Waals surface area contributed by atoms with Crippen LogP contribution < -0.4 is 10.1 Å². The van der Waals surface area contributed by atoms with Gasteiger partial charge < -0.3 is 14.6 Å². The Kier molecular flexibility index (Phi) is 6.37. The summed E-state index contributed by atoms with van der Waals surface area (Å²) in [7, 11) is 3.62. The van der Waals surface area contributed by atoms with E-state index in [0.717, 1.165) is 28.6 Å².